The van der Waals surface area contributed by atoms with Crippen molar-refractivity contribution in [2.45, 2.75) is 39.8 Å². The highest BCUT2D eigenvalue weighted by atomic mass is 16.2. The SMILES string of the molecule is Cc1nnc(CNC(=O)[C@@H](NC(=O)CC(C)C)c2ccccc2)n1C. The maximum atomic E-state index is 12.7. The van der Waals surface area contributed by atoms with E-state index in [1.807, 2.05) is 62.7 Å². The van der Waals surface area contributed by atoms with Crippen LogP contribution in [0.3, 0.4) is 0 Å². The van der Waals surface area contributed by atoms with E-state index in [1.165, 1.54) is 0 Å². The van der Waals surface area contributed by atoms with Gasteiger partial charge in [-0.25, -0.2) is 0 Å². The van der Waals surface area contributed by atoms with E-state index in [0.29, 0.717) is 12.2 Å². The van der Waals surface area contributed by atoms with Crippen molar-refractivity contribution >= 4 is 11.8 Å². The Hall–Kier alpha value is -2.70. The second-order valence-corrected chi connectivity index (χ2v) is 6.45. The molecule has 7 heteroatoms. The van der Waals surface area contributed by atoms with Gasteiger partial charge in [-0.3, -0.25) is 9.59 Å². The Bertz CT molecular complexity index is 724. The monoisotopic (exact) mass is 343 g/mol. The number of rotatable bonds is 7. The zero-order valence-electron chi connectivity index (χ0n) is 15.1. The first kappa shape index (κ1) is 18.6. The van der Waals surface area contributed by atoms with Gasteiger partial charge in [-0.1, -0.05) is 44.2 Å². The minimum atomic E-state index is -0.734. The van der Waals surface area contributed by atoms with Gasteiger partial charge < -0.3 is 15.2 Å². The van der Waals surface area contributed by atoms with Gasteiger partial charge in [0.25, 0.3) is 0 Å². The summed E-state index contributed by atoms with van der Waals surface area (Å²) in [5.41, 5.74) is 0.742. The maximum absolute atomic E-state index is 12.7. The number of carbonyl (C=O) groups is 2. The summed E-state index contributed by atoms with van der Waals surface area (Å²) in [7, 11) is 1.84. The predicted octanol–water partition coefficient (Wildman–Crippen LogP) is 1.64. The zero-order valence-corrected chi connectivity index (χ0v) is 15.1. The van der Waals surface area contributed by atoms with Crippen molar-refractivity contribution in [2.75, 3.05) is 0 Å². The van der Waals surface area contributed by atoms with Crippen LogP contribution in [0.5, 0.6) is 0 Å². The summed E-state index contributed by atoms with van der Waals surface area (Å²) in [4.78, 5) is 24.8. The minimum absolute atomic E-state index is 0.145. The van der Waals surface area contributed by atoms with E-state index < -0.39 is 6.04 Å². The van der Waals surface area contributed by atoms with E-state index in [-0.39, 0.29) is 24.3 Å². The summed E-state index contributed by atoms with van der Waals surface area (Å²) < 4.78 is 1.81. The van der Waals surface area contributed by atoms with Gasteiger partial charge in [-0.15, -0.1) is 10.2 Å². The van der Waals surface area contributed by atoms with Crippen LogP contribution in [0.1, 0.15) is 43.5 Å². The van der Waals surface area contributed by atoms with Gasteiger partial charge in [0, 0.05) is 13.5 Å². The Kier molecular flexibility index (Phi) is 6.27. The molecule has 0 bridgehead atoms. The number of amides is 2. The highest BCUT2D eigenvalue weighted by molar-refractivity contribution is 5.88. The van der Waals surface area contributed by atoms with Crippen LogP contribution in [0.15, 0.2) is 30.3 Å². The van der Waals surface area contributed by atoms with E-state index in [4.69, 9.17) is 0 Å². The molecule has 0 radical (unpaired) electrons. The van der Waals surface area contributed by atoms with E-state index >= 15 is 0 Å². The van der Waals surface area contributed by atoms with Gasteiger partial charge in [0.15, 0.2) is 5.82 Å². The molecule has 0 fully saturated rings. The molecule has 7 nitrogen and oxygen atoms in total. The largest absolute Gasteiger partial charge is 0.347 e. The lowest BCUT2D eigenvalue weighted by Gasteiger charge is -2.19. The fraction of sp³-hybridized carbons (Fsp3) is 0.444. The van der Waals surface area contributed by atoms with E-state index in [1.54, 1.807) is 0 Å². The third-order valence-corrected chi connectivity index (χ3v) is 3.90. The molecule has 2 N–H and O–H groups in total. The predicted molar refractivity (Wildman–Crippen MR) is 94.4 cm³/mol. The van der Waals surface area contributed by atoms with Crippen molar-refractivity contribution in [3.05, 3.63) is 47.5 Å². The summed E-state index contributed by atoms with van der Waals surface area (Å²) in [5.74, 6) is 1.24. The fourth-order valence-corrected chi connectivity index (χ4v) is 2.41. The summed E-state index contributed by atoms with van der Waals surface area (Å²) in [6, 6.07) is 8.48. The molecular formula is C18H25N5O2. The van der Waals surface area contributed by atoms with Gasteiger partial charge >= 0.3 is 0 Å². The molecule has 0 saturated heterocycles. The van der Waals surface area contributed by atoms with Crippen molar-refractivity contribution < 1.29 is 9.59 Å². The smallest absolute Gasteiger partial charge is 0.247 e. The van der Waals surface area contributed by atoms with E-state index in [0.717, 1.165) is 11.4 Å². The van der Waals surface area contributed by atoms with E-state index in [2.05, 4.69) is 20.8 Å². The molecule has 1 aromatic heterocycles. The van der Waals surface area contributed by atoms with Crippen molar-refractivity contribution in [2.24, 2.45) is 13.0 Å². The van der Waals surface area contributed by atoms with Crippen LogP contribution in [-0.4, -0.2) is 26.6 Å². The molecule has 1 heterocycles. The van der Waals surface area contributed by atoms with Crippen LogP contribution in [-0.2, 0) is 23.2 Å². The van der Waals surface area contributed by atoms with Crippen LogP contribution in [0.2, 0.25) is 0 Å². The van der Waals surface area contributed by atoms with Crippen molar-refractivity contribution in [3.8, 4) is 0 Å². The minimum Gasteiger partial charge on any atom is -0.347 e. The summed E-state index contributed by atoms with van der Waals surface area (Å²) in [6.45, 7) is 6.03. The molecule has 0 saturated carbocycles. The summed E-state index contributed by atoms with van der Waals surface area (Å²) in [6.07, 6.45) is 0.374. The highest BCUT2D eigenvalue weighted by Crippen LogP contribution is 2.14. The molecule has 0 unspecified atom stereocenters. The second-order valence-electron chi connectivity index (χ2n) is 6.45. The number of nitrogens with zero attached hydrogens (tertiary/aromatic N) is 3. The summed E-state index contributed by atoms with van der Waals surface area (Å²) >= 11 is 0. The van der Waals surface area contributed by atoms with E-state index in [9.17, 15) is 9.59 Å². The number of hydrogen-bond donors (Lipinski definition) is 2. The van der Waals surface area contributed by atoms with Gasteiger partial charge in [0.05, 0.1) is 6.54 Å². The Morgan fingerprint density at radius 3 is 2.40 bits per heavy atom. The normalized spacial score (nSPS) is 12.0. The van der Waals surface area contributed by atoms with Crippen LogP contribution in [0, 0.1) is 12.8 Å². The zero-order chi connectivity index (χ0) is 18.4. The average Bonchev–Trinajstić information content (AvgIpc) is 2.89. The van der Waals surface area contributed by atoms with Gasteiger partial charge in [0.1, 0.15) is 11.9 Å². The Morgan fingerprint density at radius 2 is 1.84 bits per heavy atom. The van der Waals surface area contributed by atoms with Gasteiger partial charge in [-0.2, -0.15) is 0 Å². The molecule has 0 spiro atoms. The lowest BCUT2D eigenvalue weighted by molar-refractivity contribution is -0.129. The first-order valence-electron chi connectivity index (χ1n) is 8.35. The molecule has 25 heavy (non-hydrogen) atoms. The molecule has 1 atom stereocenters. The number of carbonyl (C=O) groups excluding carboxylic acids is 2. The van der Waals surface area contributed by atoms with Crippen LogP contribution < -0.4 is 10.6 Å². The van der Waals surface area contributed by atoms with Crippen molar-refractivity contribution in [1.29, 1.82) is 0 Å². The van der Waals surface area contributed by atoms with Gasteiger partial charge in [-0.05, 0) is 18.4 Å². The number of hydrogen-bond acceptors (Lipinski definition) is 4. The second kappa shape index (κ2) is 8.41. The molecule has 2 amide bonds. The lowest BCUT2D eigenvalue weighted by atomic mass is 10.0. The first-order valence-corrected chi connectivity index (χ1v) is 8.35. The number of benzene rings is 1. The summed E-state index contributed by atoms with van der Waals surface area (Å²) in [5, 5.41) is 13.7. The van der Waals surface area contributed by atoms with Crippen molar-refractivity contribution in [1.82, 2.24) is 25.4 Å². The lowest BCUT2D eigenvalue weighted by Crippen LogP contribution is -2.40. The molecular weight excluding hydrogens is 318 g/mol. The topological polar surface area (TPSA) is 88.9 Å². The maximum Gasteiger partial charge on any atom is 0.247 e. The van der Waals surface area contributed by atoms with Crippen LogP contribution in [0.25, 0.3) is 0 Å². The third kappa shape index (κ3) is 5.14. The number of aryl methyl sites for hydroxylation is 1. The average molecular weight is 343 g/mol. The number of aromatic nitrogens is 3. The molecule has 0 aliphatic rings. The van der Waals surface area contributed by atoms with Crippen molar-refractivity contribution in [3.63, 3.8) is 0 Å². The van der Waals surface area contributed by atoms with Crippen LogP contribution >= 0.6 is 0 Å². The fourth-order valence-electron chi connectivity index (χ4n) is 2.41. The molecule has 1 aromatic carbocycles. The standard InChI is InChI=1S/C18H25N5O2/c1-12(2)10-16(24)20-17(14-8-6-5-7-9-14)18(25)19-11-15-22-21-13(3)23(15)4/h5-9,12,17H,10-11H2,1-4H3,(H,19,25)(H,20,24)/t17-/m0/s1. The number of nitrogens with one attached hydrogen (secondary N) is 2. The third-order valence-electron chi connectivity index (χ3n) is 3.90. The molecule has 134 valence electrons. The first-order chi connectivity index (χ1) is 11.9. The Morgan fingerprint density at radius 1 is 1.16 bits per heavy atom. The highest BCUT2D eigenvalue weighted by Gasteiger charge is 2.23. The Labute approximate surface area is 147 Å². The molecule has 2 rings (SSSR count). The van der Waals surface area contributed by atoms with Gasteiger partial charge in [0.2, 0.25) is 11.8 Å². The molecule has 0 aliphatic carbocycles. The quantitative estimate of drug-likeness (QED) is 0.800. The molecule has 0 aliphatic heterocycles. The molecule has 2 aromatic rings. The van der Waals surface area contributed by atoms with Crippen LogP contribution in [0.4, 0.5) is 0 Å². The Balaban J connectivity index is 2.09.